The molecular weight excluding hydrogens is 230 g/mol. The van der Waals surface area contributed by atoms with Gasteiger partial charge in [0, 0.05) is 17.2 Å². The monoisotopic (exact) mass is 247 g/mol. The van der Waals surface area contributed by atoms with Gasteiger partial charge in [-0.1, -0.05) is 25.1 Å². The van der Waals surface area contributed by atoms with Crippen LogP contribution in [0, 0.1) is 0 Å². The third-order valence-electron chi connectivity index (χ3n) is 2.82. The average Bonchev–Trinajstić information content (AvgIpc) is 2.72. The molecule has 0 radical (unpaired) electrons. The van der Waals surface area contributed by atoms with E-state index in [0.29, 0.717) is 6.42 Å². The third kappa shape index (κ3) is 2.86. The number of nitrogens with one attached hydrogen (secondary N) is 1. The number of hydrogen-bond acceptors (Lipinski definition) is 2. The van der Waals surface area contributed by atoms with E-state index in [0.717, 1.165) is 6.42 Å². The Labute approximate surface area is 106 Å². The normalized spacial score (nSPS) is 12.6. The molecule has 0 saturated heterocycles. The van der Waals surface area contributed by atoms with Crippen molar-refractivity contribution in [3.05, 3.63) is 35.2 Å². The first-order valence-corrected chi connectivity index (χ1v) is 6.83. The molecule has 1 heterocycles. The number of rotatable bonds is 4. The second kappa shape index (κ2) is 5.32. The molecule has 1 aromatic heterocycles. The second-order valence-corrected chi connectivity index (χ2v) is 5.19. The van der Waals surface area contributed by atoms with E-state index in [1.165, 1.54) is 15.6 Å². The summed E-state index contributed by atoms with van der Waals surface area (Å²) >= 11 is 1.77. The Hall–Kier alpha value is -1.35. The Balaban J connectivity index is 2.10. The molecule has 0 saturated carbocycles. The molecule has 0 unspecified atom stereocenters. The summed E-state index contributed by atoms with van der Waals surface area (Å²) in [6, 6.07) is 8.60. The van der Waals surface area contributed by atoms with Crippen molar-refractivity contribution in [2.75, 3.05) is 0 Å². The molecule has 0 aliphatic rings. The van der Waals surface area contributed by atoms with Crippen molar-refractivity contribution in [1.29, 1.82) is 0 Å². The van der Waals surface area contributed by atoms with Crippen molar-refractivity contribution in [3.8, 4) is 0 Å². The van der Waals surface area contributed by atoms with Crippen molar-refractivity contribution >= 4 is 27.3 Å². The highest BCUT2D eigenvalue weighted by atomic mass is 32.1. The number of benzene rings is 1. The minimum absolute atomic E-state index is 0.122. The SMILES string of the molecule is CCC(=O)N[C@H](C)Cc1csc2ccccc12. The summed E-state index contributed by atoms with van der Waals surface area (Å²) in [6.07, 6.45) is 1.45. The molecule has 1 amide bonds. The van der Waals surface area contributed by atoms with E-state index in [9.17, 15) is 4.79 Å². The highest BCUT2D eigenvalue weighted by Gasteiger charge is 2.09. The van der Waals surface area contributed by atoms with Crippen LogP contribution in [0.5, 0.6) is 0 Å². The van der Waals surface area contributed by atoms with Crippen molar-refractivity contribution in [2.24, 2.45) is 0 Å². The van der Waals surface area contributed by atoms with Crippen LogP contribution in [0.2, 0.25) is 0 Å². The first kappa shape index (κ1) is 12.1. The van der Waals surface area contributed by atoms with Crippen molar-refractivity contribution in [2.45, 2.75) is 32.7 Å². The minimum Gasteiger partial charge on any atom is -0.353 e. The van der Waals surface area contributed by atoms with Gasteiger partial charge in [0.2, 0.25) is 5.91 Å². The van der Waals surface area contributed by atoms with Gasteiger partial charge in [-0.2, -0.15) is 0 Å². The van der Waals surface area contributed by atoms with Gasteiger partial charge in [0.25, 0.3) is 0 Å². The number of amides is 1. The van der Waals surface area contributed by atoms with E-state index in [1.807, 2.05) is 6.92 Å². The van der Waals surface area contributed by atoms with Gasteiger partial charge in [0.05, 0.1) is 0 Å². The van der Waals surface area contributed by atoms with E-state index in [1.54, 1.807) is 11.3 Å². The van der Waals surface area contributed by atoms with Gasteiger partial charge in [-0.25, -0.2) is 0 Å². The smallest absolute Gasteiger partial charge is 0.219 e. The Morgan fingerprint density at radius 3 is 2.94 bits per heavy atom. The summed E-state index contributed by atoms with van der Waals surface area (Å²) < 4.78 is 1.32. The summed E-state index contributed by atoms with van der Waals surface area (Å²) in [6.45, 7) is 3.93. The Bertz CT molecular complexity index is 518. The highest BCUT2D eigenvalue weighted by Crippen LogP contribution is 2.26. The summed E-state index contributed by atoms with van der Waals surface area (Å²) in [5.41, 5.74) is 1.33. The molecule has 2 rings (SSSR count). The van der Waals surface area contributed by atoms with Crippen LogP contribution < -0.4 is 5.32 Å². The first-order chi connectivity index (χ1) is 8.20. The molecule has 0 aliphatic carbocycles. The molecule has 0 fully saturated rings. The zero-order valence-electron chi connectivity index (χ0n) is 10.2. The number of hydrogen-bond donors (Lipinski definition) is 1. The molecule has 1 atom stereocenters. The van der Waals surface area contributed by atoms with E-state index in [-0.39, 0.29) is 11.9 Å². The molecule has 0 spiro atoms. The van der Waals surface area contributed by atoms with Crippen LogP contribution in [0.3, 0.4) is 0 Å². The summed E-state index contributed by atoms with van der Waals surface area (Å²) in [4.78, 5) is 11.3. The van der Waals surface area contributed by atoms with Crippen LogP contribution in [-0.2, 0) is 11.2 Å². The maximum absolute atomic E-state index is 11.3. The Kier molecular flexibility index (Phi) is 3.79. The number of thiophene rings is 1. The fourth-order valence-electron chi connectivity index (χ4n) is 1.95. The van der Waals surface area contributed by atoms with Crippen LogP contribution >= 0.6 is 11.3 Å². The van der Waals surface area contributed by atoms with Crippen LogP contribution in [0.15, 0.2) is 29.6 Å². The Morgan fingerprint density at radius 1 is 1.41 bits per heavy atom. The summed E-state index contributed by atoms with van der Waals surface area (Å²) in [5, 5.41) is 6.51. The standard InChI is InChI=1S/C14H17NOS/c1-3-14(16)15-10(2)8-11-9-17-13-7-5-4-6-12(11)13/h4-7,9-10H,3,8H2,1-2H3,(H,15,16)/t10-/m1/s1. The minimum atomic E-state index is 0.122. The number of carbonyl (C=O) groups excluding carboxylic acids is 1. The molecular formula is C14H17NOS. The molecule has 1 aromatic carbocycles. The lowest BCUT2D eigenvalue weighted by atomic mass is 10.1. The maximum Gasteiger partial charge on any atom is 0.219 e. The van der Waals surface area contributed by atoms with Crippen LogP contribution in [0.1, 0.15) is 25.8 Å². The molecule has 1 N–H and O–H groups in total. The van der Waals surface area contributed by atoms with E-state index >= 15 is 0 Å². The Morgan fingerprint density at radius 2 is 2.18 bits per heavy atom. The summed E-state index contributed by atoms with van der Waals surface area (Å²) in [7, 11) is 0. The molecule has 2 nitrogen and oxygen atoms in total. The van der Waals surface area contributed by atoms with Crippen molar-refractivity contribution < 1.29 is 4.79 Å². The topological polar surface area (TPSA) is 29.1 Å². The maximum atomic E-state index is 11.3. The zero-order chi connectivity index (χ0) is 12.3. The predicted molar refractivity (Wildman–Crippen MR) is 73.4 cm³/mol. The average molecular weight is 247 g/mol. The fraction of sp³-hybridized carbons (Fsp3) is 0.357. The largest absolute Gasteiger partial charge is 0.353 e. The van der Waals surface area contributed by atoms with Gasteiger partial charge in [0.15, 0.2) is 0 Å². The molecule has 90 valence electrons. The lowest BCUT2D eigenvalue weighted by Crippen LogP contribution is -2.33. The number of carbonyl (C=O) groups is 1. The third-order valence-corrected chi connectivity index (χ3v) is 3.83. The van der Waals surface area contributed by atoms with Crippen LogP contribution in [0.4, 0.5) is 0 Å². The summed E-state index contributed by atoms with van der Waals surface area (Å²) in [5.74, 6) is 0.122. The van der Waals surface area contributed by atoms with Crippen LogP contribution in [-0.4, -0.2) is 11.9 Å². The van der Waals surface area contributed by atoms with E-state index in [4.69, 9.17) is 0 Å². The van der Waals surface area contributed by atoms with Gasteiger partial charge in [-0.3, -0.25) is 4.79 Å². The van der Waals surface area contributed by atoms with Gasteiger partial charge in [0.1, 0.15) is 0 Å². The van der Waals surface area contributed by atoms with Crippen molar-refractivity contribution in [3.63, 3.8) is 0 Å². The molecule has 0 bridgehead atoms. The highest BCUT2D eigenvalue weighted by molar-refractivity contribution is 7.17. The molecule has 2 aromatic rings. The van der Waals surface area contributed by atoms with Gasteiger partial charge < -0.3 is 5.32 Å². The fourth-order valence-corrected chi connectivity index (χ4v) is 2.92. The first-order valence-electron chi connectivity index (χ1n) is 5.95. The predicted octanol–water partition coefficient (Wildman–Crippen LogP) is 3.36. The molecule has 3 heteroatoms. The zero-order valence-corrected chi connectivity index (χ0v) is 11.0. The van der Waals surface area contributed by atoms with Crippen LogP contribution in [0.25, 0.3) is 10.1 Å². The quantitative estimate of drug-likeness (QED) is 0.882. The van der Waals surface area contributed by atoms with Gasteiger partial charge in [-0.15, -0.1) is 11.3 Å². The van der Waals surface area contributed by atoms with Crippen molar-refractivity contribution in [1.82, 2.24) is 5.32 Å². The van der Waals surface area contributed by atoms with E-state index in [2.05, 4.69) is 41.9 Å². The lowest BCUT2D eigenvalue weighted by molar-refractivity contribution is -0.121. The molecule has 0 aliphatic heterocycles. The number of fused-ring (bicyclic) bond motifs is 1. The second-order valence-electron chi connectivity index (χ2n) is 4.28. The lowest BCUT2D eigenvalue weighted by Gasteiger charge is -2.12. The van der Waals surface area contributed by atoms with E-state index < -0.39 is 0 Å². The van der Waals surface area contributed by atoms with Gasteiger partial charge >= 0.3 is 0 Å². The van der Waals surface area contributed by atoms with Gasteiger partial charge in [-0.05, 0) is 35.7 Å². The molecule has 17 heavy (non-hydrogen) atoms.